The molecule has 1 heterocycles. The van der Waals surface area contributed by atoms with Gasteiger partial charge in [-0.2, -0.15) is 0 Å². The highest BCUT2D eigenvalue weighted by Gasteiger charge is 2.23. The van der Waals surface area contributed by atoms with Gasteiger partial charge in [0, 0.05) is 25.7 Å². The highest BCUT2D eigenvalue weighted by atomic mass is 16.5. The van der Waals surface area contributed by atoms with Crippen LogP contribution in [0.2, 0.25) is 0 Å². The third-order valence-corrected chi connectivity index (χ3v) is 3.12. The van der Waals surface area contributed by atoms with Crippen LogP contribution in [-0.2, 0) is 14.3 Å². The number of hydrogen-bond donors (Lipinski definition) is 1. The van der Waals surface area contributed by atoms with Crippen LogP contribution in [0.3, 0.4) is 0 Å². The number of methoxy groups -OCH3 is 1. The van der Waals surface area contributed by atoms with Crippen molar-refractivity contribution < 1.29 is 14.3 Å². The van der Waals surface area contributed by atoms with E-state index in [-0.39, 0.29) is 24.2 Å². The van der Waals surface area contributed by atoms with E-state index < -0.39 is 0 Å². The molecule has 0 unspecified atom stereocenters. The van der Waals surface area contributed by atoms with Gasteiger partial charge in [0.1, 0.15) is 6.61 Å². The molecule has 112 valence electrons. The zero-order valence-electron chi connectivity index (χ0n) is 12.7. The predicted molar refractivity (Wildman–Crippen MR) is 75.2 cm³/mol. The van der Waals surface area contributed by atoms with E-state index in [1.807, 2.05) is 4.90 Å². The third-order valence-electron chi connectivity index (χ3n) is 3.12. The topological polar surface area (TPSA) is 50.8 Å². The van der Waals surface area contributed by atoms with Crippen molar-refractivity contribution in [2.75, 3.05) is 40.0 Å². The first-order valence-corrected chi connectivity index (χ1v) is 7.06. The molecule has 19 heavy (non-hydrogen) atoms. The largest absolute Gasteiger partial charge is 0.375 e. The summed E-state index contributed by atoms with van der Waals surface area (Å²) in [6, 6.07) is 0. The zero-order chi connectivity index (χ0) is 14.3. The monoisotopic (exact) mass is 272 g/mol. The van der Waals surface area contributed by atoms with Crippen LogP contribution in [0, 0.1) is 0 Å². The van der Waals surface area contributed by atoms with Gasteiger partial charge >= 0.3 is 0 Å². The fraction of sp³-hybridized carbons (Fsp3) is 0.929. The number of morpholine rings is 1. The van der Waals surface area contributed by atoms with Crippen LogP contribution in [0.1, 0.15) is 33.6 Å². The summed E-state index contributed by atoms with van der Waals surface area (Å²) in [6.07, 6.45) is 2.21. The van der Waals surface area contributed by atoms with E-state index in [0.29, 0.717) is 19.7 Å². The summed E-state index contributed by atoms with van der Waals surface area (Å²) < 4.78 is 10.6. The van der Waals surface area contributed by atoms with Crippen molar-refractivity contribution in [3.05, 3.63) is 0 Å². The minimum absolute atomic E-state index is 0.0589. The Morgan fingerprint density at radius 1 is 1.47 bits per heavy atom. The van der Waals surface area contributed by atoms with Gasteiger partial charge in [-0.25, -0.2) is 0 Å². The second-order valence-corrected chi connectivity index (χ2v) is 6.08. The highest BCUT2D eigenvalue weighted by Crippen LogP contribution is 2.11. The normalized spacial score (nSPS) is 20.6. The Bertz CT molecular complexity index is 276. The Labute approximate surface area is 116 Å². The number of hydrogen-bond acceptors (Lipinski definition) is 4. The lowest BCUT2D eigenvalue weighted by molar-refractivity contribution is -0.142. The van der Waals surface area contributed by atoms with Crippen molar-refractivity contribution >= 4 is 5.91 Å². The molecule has 1 aliphatic heterocycles. The quantitative estimate of drug-likeness (QED) is 0.734. The summed E-state index contributed by atoms with van der Waals surface area (Å²) in [6.45, 7) is 9.64. The van der Waals surface area contributed by atoms with Crippen molar-refractivity contribution in [2.45, 2.75) is 45.3 Å². The Morgan fingerprint density at radius 3 is 2.84 bits per heavy atom. The molecule has 1 N–H and O–H groups in total. The molecule has 0 aromatic rings. The summed E-state index contributed by atoms with van der Waals surface area (Å²) in [7, 11) is 1.55. The first-order valence-electron chi connectivity index (χ1n) is 7.06. The molecule has 1 atom stereocenters. The van der Waals surface area contributed by atoms with Gasteiger partial charge in [-0.05, 0) is 40.2 Å². The number of ether oxygens (including phenoxy) is 2. The molecule has 0 aromatic carbocycles. The third kappa shape index (κ3) is 6.89. The molecular formula is C14H28N2O3. The van der Waals surface area contributed by atoms with Gasteiger partial charge in [0.25, 0.3) is 0 Å². The summed E-state index contributed by atoms with van der Waals surface area (Å²) in [5, 5.41) is 3.46. The van der Waals surface area contributed by atoms with E-state index >= 15 is 0 Å². The summed E-state index contributed by atoms with van der Waals surface area (Å²) >= 11 is 0. The lowest BCUT2D eigenvalue weighted by Crippen LogP contribution is -2.47. The van der Waals surface area contributed by atoms with Gasteiger partial charge < -0.3 is 19.7 Å². The molecule has 1 rings (SSSR count). The SMILES string of the molecule is COCC(=O)N1CCO[C@@H](CCCNC(C)(C)C)C1. The van der Waals surface area contributed by atoms with Crippen LogP contribution in [0.5, 0.6) is 0 Å². The van der Waals surface area contributed by atoms with Crippen molar-refractivity contribution in [3.63, 3.8) is 0 Å². The van der Waals surface area contributed by atoms with Crippen molar-refractivity contribution in [2.24, 2.45) is 0 Å². The van der Waals surface area contributed by atoms with Gasteiger partial charge in [-0.1, -0.05) is 0 Å². The van der Waals surface area contributed by atoms with E-state index in [2.05, 4.69) is 26.1 Å². The van der Waals surface area contributed by atoms with Crippen molar-refractivity contribution in [3.8, 4) is 0 Å². The predicted octanol–water partition coefficient (Wildman–Crippen LogP) is 1.03. The second-order valence-electron chi connectivity index (χ2n) is 6.08. The molecule has 0 aromatic heterocycles. The number of carbonyl (C=O) groups is 1. The zero-order valence-corrected chi connectivity index (χ0v) is 12.7. The summed E-state index contributed by atoms with van der Waals surface area (Å²) in [4.78, 5) is 13.6. The molecule has 1 saturated heterocycles. The van der Waals surface area contributed by atoms with Crippen LogP contribution >= 0.6 is 0 Å². The van der Waals surface area contributed by atoms with Crippen LogP contribution in [0.4, 0.5) is 0 Å². The molecule has 5 nitrogen and oxygen atoms in total. The van der Waals surface area contributed by atoms with Crippen LogP contribution in [0.15, 0.2) is 0 Å². The van der Waals surface area contributed by atoms with E-state index in [0.717, 1.165) is 19.4 Å². The number of nitrogens with zero attached hydrogens (tertiary/aromatic N) is 1. The van der Waals surface area contributed by atoms with Gasteiger partial charge in [0.15, 0.2) is 0 Å². The maximum absolute atomic E-state index is 11.7. The van der Waals surface area contributed by atoms with E-state index in [1.54, 1.807) is 7.11 Å². The summed E-state index contributed by atoms with van der Waals surface area (Å²) in [5.74, 6) is 0.0589. The van der Waals surface area contributed by atoms with Gasteiger partial charge in [0.05, 0.1) is 12.7 Å². The minimum Gasteiger partial charge on any atom is -0.375 e. The Kier molecular flexibility index (Phi) is 6.75. The second kappa shape index (κ2) is 7.82. The molecule has 5 heteroatoms. The molecule has 1 fully saturated rings. The van der Waals surface area contributed by atoms with E-state index in [9.17, 15) is 4.79 Å². The van der Waals surface area contributed by atoms with Crippen molar-refractivity contribution in [1.82, 2.24) is 10.2 Å². The first kappa shape index (κ1) is 16.4. The molecule has 0 bridgehead atoms. The minimum atomic E-state index is 0.0589. The fourth-order valence-corrected chi connectivity index (χ4v) is 2.13. The number of rotatable bonds is 6. The molecule has 1 aliphatic rings. The van der Waals surface area contributed by atoms with Crippen molar-refractivity contribution in [1.29, 1.82) is 0 Å². The standard InChI is InChI=1S/C14H28N2O3/c1-14(2,3)15-7-5-6-12-10-16(8-9-19-12)13(17)11-18-4/h12,15H,5-11H2,1-4H3/t12-/m0/s1. The average Bonchev–Trinajstić information content (AvgIpc) is 2.34. The van der Waals surface area contributed by atoms with Crippen LogP contribution < -0.4 is 5.32 Å². The van der Waals surface area contributed by atoms with Gasteiger partial charge in [-0.3, -0.25) is 4.79 Å². The summed E-state index contributed by atoms with van der Waals surface area (Å²) in [5.41, 5.74) is 0.161. The van der Waals surface area contributed by atoms with E-state index in [4.69, 9.17) is 9.47 Å². The molecule has 0 aliphatic carbocycles. The highest BCUT2D eigenvalue weighted by molar-refractivity contribution is 5.77. The molecular weight excluding hydrogens is 244 g/mol. The Balaban J connectivity index is 2.22. The lowest BCUT2D eigenvalue weighted by Gasteiger charge is -2.33. The lowest BCUT2D eigenvalue weighted by atomic mass is 10.1. The number of carbonyl (C=O) groups excluding carboxylic acids is 1. The number of amides is 1. The van der Waals surface area contributed by atoms with Gasteiger partial charge in [-0.15, -0.1) is 0 Å². The molecule has 0 saturated carbocycles. The Hall–Kier alpha value is -0.650. The first-order chi connectivity index (χ1) is 8.92. The molecule has 0 radical (unpaired) electrons. The van der Waals surface area contributed by atoms with Crippen LogP contribution in [-0.4, -0.2) is 62.4 Å². The van der Waals surface area contributed by atoms with Crippen LogP contribution in [0.25, 0.3) is 0 Å². The number of nitrogens with one attached hydrogen (secondary N) is 1. The Morgan fingerprint density at radius 2 is 2.21 bits per heavy atom. The fourth-order valence-electron chi connectivity index (χ4n) is 2.13. The van der Waals surface area contributed by atoms with E-state index in [1.165, 1.54) is 0 Å². The maximum atomic E-state index is 11.7. The van der Waals surface area contributed by atoms with Gasteiger partial charge in [0.2, 0.25) is 5.91 Å². The molecule has 1 amide bonds. The maximum Gasteiger partial charge on any atom is 0.248 e. The smallest absolute Gasteiger partial charge is 0.248 e. The molecule has 0 spiro atoms. The average molecular weight is 272 g/mol.